The molecule has 0 aliphatic rings. The molecule has 4 N–H and O–H groups in total. The molecule has 0 saturated heterocycles. The van der Waals surface area contributed by atoms with Crippen molar-refractivity contribution in [3.05, 3.63) is 29.8 Å². The van der Waals surface area contributed by atoms with Crippen molar-refractivity contribution in [1.29, 1.82) is 0 Å². The zero-order valence-corrected chi connectivity index (χ0v) is 11.2. The molecule has 0 atom stereocenters. The molecule has 0 aromatic heterocycles. The summed E-state index contributed by atoms with van der Waals surface area (Å²) in [5.74, 6) is 0.770. The summed E-state index contributed by atoms with van der Waals surface area (Å²) < 4.78 is 16.1. The van der Waals surface area contributed by atoms with Crippen LogP contribution in [-0.2, 0) is 11.0 Å². The highest BCUT2D eigenvalue weighted by atomic mass is 31.2. The fraction of sp³-hybridized carbons (Fsp3) is 0.500. The van der Waals surface area contributed by atoms with E-state index in [1.54, 1.807) is 0 Å². The average molecular weight is 273 g/mol. The van der Waals surface area contributed by atoms with Gasteiger partial charge in [0.25, 0.3) is 0 Å². The Labute approximate surface area is 107 Å². The van der Waals surface area contributed by atoms with E-state index in [2.05, 4.69) is 0 Å². The first-order chi connectivity index (χ1) is 8.51. The maximum Gasteiger partial charge on any atom is 0.325 e. The Morgan fingerprint density at radius 3 is 2.39 bits per heavy atom. The van der Waals surface area contributed by atoms with E-state index in [0.29, 0.717) is 26.0 Å². The van der Waals surface area contributed by atoms with Crippen LogP contribution < -0.4 is 10.5 Å². The third kappa shape index (κ3) is 6.77. The van der Waals surface area contributed by atoms with Gasteiger partial charge in [-0.05, 0) is 43.5 Å². The molecule has 0 unspecified atom stereocenters. The number of benzene rings is 1. The lowest BCUT2D eigenvalue weighted by Crippen LogP contribution is -2.03. The SMILES string of the molecule is NCCc1ccc(OCCCCP(=O)(O)O)cc1. The Hall–Kier alpha value is -0.870. The van der Waals surface area contributed by atoms with Crippen molar-refractivity contribution in [3.63, 3.8) is 0 Å². The quantitative estimate of drug-likeness (QED) is 0.493. The molecule has 6 heteroatoms. The van der Waals surface area contributed by atoms with Crippen LogP contribution in [0.3, 0.4) is 0 Å². The van der Waals surface area contributed by atoms with Crippen molar-refractivity contribution in [1.82, 2.24) is 0 Å². The minimum absolute atomic E-state index is 0.0776. The maximum absolute atomic E-state index is 10.6. The molecule has 0 heterocycles. The van der Waals surface area contributed by atoms with Crippen molar-refractivity contribution < 1.29 is 19.1 Å². The van der Waals surface area contributed by atoms with Crippen LogP contribution in [0.25, 0.3) is 0 Å². The smallest absolute Gasteiger partial charge is 0.325 e. The van der Waals surface area contributed by atoms with Gasteiger partial charge in [-0.15, -0.1) is 0 Å². The van der Waals surface area contributed by atoms with Gasteiger partial charge in [0.15, 0.2) is 0 Å². The van der Waals surface area contributed by atoms with Gasteiger partial charge in [0.2, 0.25) is 0 Å². The van der Waals surface area contributed by atoms with Gasteiger partial charge in [-0.3, -0.25) is 4.57 Å². The summed E-state index contributed by atoms with van der Waals surface area (Å²) >= 11 is 0. The normalized spacial score (nSPS) is 11.5. The summed E-state index contributed by atoms with van der Waals surface area (Å²) in [6.45, 7) is 1.10. The fourth-order valence-corrected chi connectivity index (χ4v) is 2.16. The Morgan fingerprint density at radius 2 is 1.83 bits per heavy atom. The molecule has 0 fully saturated rings. The lowest BCUT2D eigenvalue weighted by molar-refractivity contribution is 0.306. The molecule has 0 amide bonds. The number of hydrogen-bond acceptors (Lipinski definition) is 3. The Bertz CT molecular complexity index is 388. The third-order valence-corrected chi connectivity index (χ3v) is 3.37. The fourth-order valence-electron chi connectivity index (χ4n) is 1.53. The third-order valence-electron chi connectivity index (χ3n) is 2.47. The number of hydrogen-bond donors (Lipinski definition) is 3. The van der Waals surface area contributed by atoms with Crippen LogP contribution in [0.15, 0.2) is 24.3 Å². The van der Waals surface area contributed by atoms with Gasteiger partial charge in [-0.2, -0.15) is 0 Å². The molecule has 0 aliphatic heterocycles. The Morgan fingerprint density at radius 1 is 1.17 bits per heavy atom. The molecule has 1 rings (SSSR count). The van der Waals surface area contributed by atoms with Gasteiger partial charge in [-0.25, -0.2) is 0 Å². The van der Waals surface area contributed by atoms with Crippen molar-refractivity contribution in [2.75, 3.05) is 19.3 Å². The summed E-state index contributed by atoms with van der Waals surface area (Å²) in [5, 5.41) is 0. The summed E-state index contributed by atoms with van der Waals surface area (Å²) in [4.78, 5) is 17.4. The molecule has 0 bridgehead atoms. The second-order valence-electron chi connectivity index (χ2n) is 4.13. The molecule has 0 radical (unpaired) electrons. The average Bonchev–Trinajstić information content (AvgIpc) is 2.30. The number of ether oxygens (including phenoxy) is 1. The van der Waals surface area contributed by atoms with Crippen LogP contribution in [0, 0.1) is 0 Å². The van der Waals surface area contributed by atoms with Gasteiger partial charge in [0, 0.05) is 6.16 Å². The highest BCUT2D eigenvalue weighted by molar-refractivity contribution is 7.51. The lowest BCUT2D eigenvalue weighted by Gasteiger charge is -2.07. The summed E-state index contributed by atoms with van der Waals surface area (Å²) in [6.07, 6.45) is 1.87. The summed E-state index contributed by atoms with van der Waals surface area (Å²) in [7, 11) is -3.86. The zero-order chi connectivity index (χ0) is 13.4. The maximum atomic E-state index is 10.6. The predicted octanol–water partition coefficient (Wildman–Crippen LogP) is 1.52. The van der Waals surface area contributed by atoms with E-state index in [1.165, 1.54) is 5.56 Å². The monoisotopic (exact) mass is 273 g/mol. The van der Waals surface area contributed by atoms with Gasteiger partial charge >= 0.3 is 7.60 Å². The number of rotatable bonds is 8. The van der Waals surface area contributed by atoms with Crippen molar-refractivity contribution >= 4 is 7.60 Å². The van der Waals surface area contributed by atoms with E-state index in [1.807, 2.05) is 24.3 Å². The van der Waals surface area contributed by atoms with Crippen molar-refractivity contribution in [2.24, 2.45) is 5.73 Å². The van der Waals surface area contributed by atoms with Gasteiger partial charge in [0.05, 0.1) is 6.61 Å². The Balaban J connectivity index is 2.21. The molecule has 5 nitrogen and oxygen atoms in total. The van der Waals surface area contributed by atoms with Crippen LogP contribution in [0.1, 0.15) is 18.4 Å². The second kappa shape index (κ2) is 7.54. The Kier molecular flexibility index (Phi) is 6.36. The molecular weight excluding hydrogens is 253 g/mol. The van der Waals surface area contributed by atoms with Crippen molar-refractivity contribution in [2.45, 2.75) is 19.3 Å². The molecule has 102 valence electrons. The molecule has 1 aromatic carbocycles. The standard InChI is InChI=1S/C12H20NO4P/c13-8-7-11-3-5-12(6-4-11)17-9-1-2-10-18(14,15)16/h3-6H,1-2,7-10,13H2,(H2,14,15,16). The minimum atomic E-state index is -3.86. The summed E-state index contributed by atoms with van der Waals surface area (Å²) in [5.41, 5.74) is 6.62. The zero-order valence-electron chi connectivity index (χ0n) is 10.3. The first-order valence-electron chi connectivity index (χ1n) is 5.97. The molecule has 1 aromatic rings. The molecule has 0 spiro atoms. The number of nitrogens with two attached hydrogens (primary N) is 1. The van der Waals surface area contributed by atoms with Crippen LogP contribution in [0.4, 0.5) is 0 Å². The van der Waals surface area contributed by atoms with Crippen LogP contribution in [0.2, 0.25) is 0 Å². The van der Waals surface area contributed by atoms with E-state index in [4.69, 9.17) is 20.3 Å². The molecular formula is C12H20NO4P. The largest absolute Gasteiger partial charge is 0.494 e. The molecule has 0 saturated carbocycles. The lowest BCUT2D eigenvalue weighted by atomic mass is 10.1. The van der Waals surface area contributed by atoms with Crippen LogP contribution in [-0.4, -0.2) is 29.1 Å². The highest BCUT2D eigenvalue weighted by Gasteiger charge is 2.11. The van der Waals surface area contributed by atoms with E-state index in [-0.39, 0.29) is 6.16 Å². The molecule has 18 heavy (non-hydrogen) atoms. The summed E-state index contributed by atoms with van der Waals surface area (Å²) in [6, 6.07) is 7.71. The first kappa shape index (κ1) is 15.2. The first-order valence-corrected chi connectivity index (χ1v) is 7.77. The van der Waals surface area contributed by atoms with Gasteiger partial charge < -0.3 is 20.3 Å². The highest BCUT2D eigenvalue weighted by Crippen LogP contribution is 2.35. The van der Waals surface area contributed by atoms with Crippen molar-refractivity contribution in [3.8, 4) is 5.75 Å². The minimum Gasteiger partial charge on any atom is -0.494 e. The van der Waals surface area contributed by atoms with Gasteiger partial charge in [-0.1, -0.05) is 12.1 Å². The van der Waals surface area contributed by atoms with Crippen LogP contribution >= 0.6 is 7.60 Å². The predicted molar refractivity (Wildman–Crippen MR) is 70.8 cm³/mol. The van der Waals surface area contributed by atoms with Gasteiger partial charge in [0.1, 0.15) is 5.75 Å². The second-order valence-corrected chi connectivity index (χ2v) is 5.90. The van der Waals surface area contributed by atoms with E-state index < -0.39 is 7.60 Å². The van der Waals surface area contributed by atoms with E-state index >= 15 is 0 Å². The number of unbranched alkanes of at least 4 members (excludes halogenated alkanes) is 1. The van der Waals surface area contributed by atoms with E-state index in [0.717, 1.165) is 12.2 Å². The molecule has 0 aliphatic carbocycles. The van der Waals surface area contributed by atoms with Crippen LogP contribution in [0.5, 0.6) is 5.75 Å². The van der Waals surface area contributed by atoms with E-state index in [9.17, 15) is 4.57 Å². The topological polar surface area (TPSA) is 92.8 Å².